The topological polar surface area (TPSA) is 66.0 Å². The van der Waals surface area contributed by atoms with Gasteiger partial charge in [0.15, 0.2) is 5.96 Å². The third-order valence-corrected chi connectivity index (χ3v) is 3.32. The third kappa shape index (κ3) is 7.04. The predicted octanol–water partition coefficient (Wildman–Crippen LogP) is 1.27. The largest absolute Gasteiger partial charge is 0.496 e. The van der Waals surface area contributed by atoms with E-state index in [1.165, 1.54) is 0 Å². The summed E-state index contributed by atoms with van der Waals surface area (Å²) in [6.07, 6.45) is 1.25. The minimum Gasteiger partial charge on any atom is -0.496 e. The van der Waals surface area contributed by atoms with Crippen LogP contribution in [0.1, 0.15) is 18.9 Å². The highest BCUT2D eigenvalue weighted by Crippen LogP contribution is 2.17. The molecule has 128 valence electrons. The van der Waals surface area contributed by atoms with Crippen molar-refractivity contribution in [3.05, 3.63) is 29.8 Å². The first-order valence-electron chi connectivity index (χ1n) is 7.92. The van der Waals surface area contributed by atoms with Gasteiger partial charge in [-0.2, -0.15) is 0 Å². The van der Waals surface area contributed by atoms with Crippen LogP contribution >= 0.6 is 0 Å². The van der Waals surface area contributed by atoms with E-state index in [0.717, 1.165) is 36.8 Å². The molecule has 0 aliphatic heterocycles. The van der Waals surface area contributed by atoms with Crippen molar-refractivity contribution in [1.82, 2.24) is 15.5 Å². The van der Waals surface area contributed by atoms with Crippen LogP contribution < -0.4 is 15.4 Å². The van der Waals surface area contributed by atoms with Crippen LogP contribution in [0, 0.1) is 0 Å². The molecular formula is C17H28N4O2. The number of carbonyl (C=O) groups is 1. The van der Waals surface area contributed by atoms with Crippen molar-refractivity contribution in [2.45, 2.75) is 19.8 Å². The van der Waals surface area contributed by atoms with Crippen molar-refractivity contribution in [2.24, 2.45) is 4.99 Å². The lowest BCUT2D eigenvalue weighted by molar-refractivity contribution is -0.128. The summed E-state index contributed by atoms with van der Waals surface area (Å²) in [6, 6.07) is 7.98. The van der Waals surface area contributed by atoms with E-state index in [1.54, 1.807) is 26.1 Å². The zero-order chi connectivity index (χ0) is 17.1. The van der Waals surface area contributed by atoms with Crippen molar-refractivity contribution >= 4 is 11.9 Å². The van der Waals surface area contributed by atoms with Crippen LogP contribution in [0.4, 0.5) is 0 Å². The molecule has 6 nitrogen and oxygen atoms in total. The Balaban J connectivity index is 2.48. The molecule has 6 heteroatoms. The number of carbonyl (C=O) groups excluding carboxylic acids is 1. The maximum atomic E-state index is 11.6. The van der Waals surface area contributed by atoms with E-state index in [-0.39, 0.29) is 5.91 Å². The summed E-state index contributed by atoms with van der Waals surface area (Å²) in [5.41, 5.74) is 1.15. The summed E-state index contributed by atoms with van der Waals surface area (Å²) in [5.74, 6) is 1.71. The fraction of sp³-hybridized carbons (Fsp3) is 0.529. The summed E-state index contributed by atoms with van der Waals surface area (Å²) in [5, 5.41) is 6.47. The highest BCUT2D eigenvalue weighted by Gasteiger charge is 2.04. The van der Waals surface area contributed by atoms with E-state index >= 15 is 0 Å². The number of rotatable bonds is 8. The highest BCUT2D eigenvalue weighted by atomic mass is 16.5. The molecule has 0 fully saturated rings. The number of ether oxygens (including phenoxy) is 1. The van der Waals surface area contributed by atoms with Crippen LogP contribution in [0.3, 0.4) is 0 Å². The van der Waals surface area contributed by atoms with Gasteiger partial charge in [0, 0.05) is 33.6 Å². The minimum atomic E-state index is 0.0821. The average molecular weight is 320 g/mol. The monoisotopic (exact) mass is 320 g/mol. The van der Waals surface area contributed by atoms with Gasteiger partial charge in [0.05, 0.1) is 13.7 Å². The van der Waals surface area contributed by atoms with Gasteiger partial charge in [-0.15, -0.1) is 0 Å². The van der Waals surface area contributed by atoms with Crippen molar-refractivity contribution in [3.8, 4) is 5.75 Å². The number of hydrogen-bond acceptors (Lipinski definition) is 3. The first-order valence-corrected chi connectivity index (χ1v) is 7.92. The number of nitrogens with one attached hydrogen (secondary N) is 2. The second kappa shape index (κ2) is 10.5. The Kier molecular flexibility index (Phi) is 8.57. The molecule has 0 bridgehead atoms. The van der Waals surface area contributed by atoms with Crippen LogP contribution in [0.2, 0.25) is 0 Å². The Morgan fingerprint density at radius 1 is 1.26 bits per heavy atom. The summed E-state index contributed by atoms with van der Waals surface area (Å²) in [7, 11) is 5.19. The average Bonchev–Trinajstić information content (AvgIpc) is 2.55. The van der Waals surface area contributed by atoms with Gasteiger partial charge in [-0.25, -0.2) is 0 Å². The summed E-state index contributed by atoms with van der Waals surface area (Å²) < 4.78 is 5.35. The molecule has 1 aromatic rings. The molecule has 0 unspecified atom stereocenters. The molecule has 1 rings (SSSR count). The summed E-state index contributed by atoms with van der Waals surface area (Å²) in [6.45, 7) is 4.01. The lowest BCUT2D eigenvalue weighted by atomic mass is 10.1. The number of hydrogen-bond donors (Lipinski definition) is 2. The molecule has 0 radical (unpaired) electrons. The Bertz CT molecular complexity index is 515. The molecule has 1 amide bonds. The van der Waals surface area contributed by atoms with Gasteiger partial charge in [0.1, 0.15) is 5.75 Å². The van der Waals surface area contributed by atoms with E-state index in [9.17, 15) is 4.79 Å². The number of aliphatic imine (C=N–C) groups is 1. The van der Waals surface area contributed by atoms with Gasteiger partial charge < -0.3 is 20.3 Å². The molecule has 0 aliphatic carbocycles. The molecule has 0 spiro atoms. The Hall–Kier alpha value is -2.24. The van der Waals surface area contributed by atoms with Crippen molar-refractivity contribution in [2.75, 3.05) is 40.8 Å². The zero-order valence-electron chi connectivity index (χ0n) is 14.6. The maximum Gasteiger partial charge on any atom is 0.223 e. The third-order valence-electron chi connectivity index (χ3n) is 3.32. The van der Waals surface area contributed by atoms with Crippen molar-refractivity contribution in [1.29, 1.82) is 0 Å². The molecule has 0 aromatic heterocycles. The maximum absolute atomic E-state index is 11.6. The lowest BCUT2D eigenvalue weighted by Crippen LogP contribution is -2.38. The molecule has 0 saturated heterocycles. The molecule has 0 atom stereocenters. The van der Waals surface area contributed by atoms with Gasteiger partial charge in [0.2, 0.25) is 5.91 Å². The quantitative estimate of drug-likeness (QED) is 0.559. The Morgan fingerprint density at radius 3 is 2.65 bits per heavy atom. The van der Waals surface area contributed by atoms with E-state index in [0.29, 0.717) is 13.0 Å². The van der Waals surface area contributed by atoms with Gasteiger partial charge in [-0.05, 0) is 25.0 Å². The molecule has 1 aromatic carbocycles. The minimum absolute atomic E-state index is 0.0821. The predicted molar refractivity (Wildman–Crippen MR) is 94.0 cm³/mol. The first-order chi connectivity index (χ1) is 11.1. The number of guanidine groups is 1. The standard InChI is InChI=1S/C17H28N4O2/c1-5-18-17(20-13-11-16(22)21(2)3)19-12-10-14-8-6-7-9-15(14)23-4/h6-9H,5,10-13H2,1-4H3,(H2,18,19,20). The van der Waals surface area contributed by atoms with Crippen molar-refractivity contribution < 1.29 is 9.53 Å². The van der Waals surface area contributed by atoms with E-state index < -0.39 is 0 Å². The van der Waals surface area contributed by atoms with Gasteiger partial charge >= 0.3 is 0 Å². The second-order valence-electron chi connectivity index (χ2n) is 5.29. The van der Waals surface area contributed by atoms with Crippen LogP contribution in [0.15, 0.2) is 29.3 Å². The van der Waals surface area contributed by atoms with E-state index in [1.807, 2.05) is 25.1 Å². The normalized spacial score (nSPS) is 11.0. The fourth-order valence-electron chi connectivity index (χ4n) is 2.05. The Morgan fingerprint density at radius 2 is 2.00 bits per heavy atom. The molecule has 0 heterocycles. The molecule has 0 saturated carbocycles. The molecule has 0 aliphatic rings. The van der Waals surface area contributed by atoms with Crippen LogP contribution in [-0.2, 0) is 11.2 Å². The fourth-order valence-corrected chi connectivity index (χ4v) is 2.05. The smallest absolute Gasteiger partial charge is 0.223 e. The number of benzene rings is 1. The second-order valence-corrected chi connectivity index (χ2v) is 5.29. The summed E-state index contributed by atoms with van der Waals surface area (Å²) in [4.78, 5) is 17.6. The molecule has 2 N–H and O–H groups in total. The SMILES string of the molecule is CCNC(=NCCC(=O)N(C)C)NCCc1ccccc1OC. The summed E-state index contributed by atoms with van der Waals surface area (Å²) >= 11 is 0. The van der Waals surface area contributed by atoms with Crippen LogP contribution in [-0.4, -0.2) is 57.6 Å². The Labute approximate surface area is 138 Å². The van der Waals surface area contributed by atoms with Crippen LogP contribution in [0.25, 0.3) is 0 Å². The van der Waals surface area contributed by atoms with E-state index in [4.69, 9.17) is 4.74 Å². The number of nitrogens with zero attached hydrogens (tertiary/aromatic N) is 2. The number of para-hydroxylation sites is 1. The van der Waals surface area contributed by atoms with Crippen molar-refractivity contribution in [3.63, 3.8) is 0 Å². The van der Waals surface area contributed by atoms with Gasteiger partial charge in [0.25, 0.3) is 0 Å². The van der Waals surface area contributed by atoms with Gasteiger partial charge in [-0.3, -0.25) is 9.79 Å². The highest BCUT2D eigenvalue weighted by molar-refractivity contribution is 5.80. The van der Waals surface area contributed by atoms with Crippen LogP contribution in [0.5, 0.6) is 5.75 Å². The molecule has 23 heavy (non-hydrogen) atoms. The lowest BCUT2D eigenvalue weighted by Gasteiger charge is -2.13. The molecular weight excluding hydrogens is 292 g/mol. The van der Waals surface area contributed by atoms with Gasteiger partial charge in [-0.1, -0.05) is 18.2 Å². The number of methoxy groups -OCH3 is 1. The van der Waals surface area contributed by atoms with E-state index in [2.05, 4.69) is 21.7 Å². The number of amides is 1. The zero-order valence-corrected chi connectivity index (χ0v) is 14.6. The first kappa shape index (κ1) is 18.8.